The summed E-state index contributed by atoms with van der Waals surface area (Å²) in [5.74, 6) is 0. The quantitative estimate of drug-likeness (QED) is 0.407. The highest BCUT2D eigenvalue weighted by molar-refractivity contribution is 6.08. The molecule has 0 saturated carbocycles. The zero-order valence-corrected chi connectivity index (χ0v) is 9.69. The first-order chi connectivity index (χ1) is 7.56. The van der Waals surface area contributed by atoms with E-state index in [1.165, 1.54) is 6.42 Å². The van der Waals surface area contributed by atoms with Gasteiger partial charge in [-0.1, -0.05) is 51.3 Å². The molecular weight excluding hydrogens is 216 g/mol. The summed E-state index contributed by atoms with van der Waals surface area (Å²) in [4.78, 5) is 0. The smallest absolute Gasteiger partial charge is 0.292 e. The fourth-order valence-electron chi connectivity index (χ4n) is 1.49. The molecule has 0 amide bonds. The standard InChI is InChI=1S/C11H20BF3O/c12-9-7-5-3-1-2-4-6-8-10-16-11(13,14)15/h1-10H2. The number of hydrogen-bond donors (Lipinski definition) is 0. The summed E-state index contributed by atoms with van der Waals surface area (Å²) in [7, 11) is 5.35. The fourth-order valence-corrected chi connectivity index (χ4v) is 1.49. The number of ether oxygens (including phenoxy) is 1. The van der Waals surface area contributed by atoms with E-state index in [2.05, 4.69) is 4.74 Å². The first kappa shape index (κ1) is 15.8. The van der Waals surface area contributed by atoms with Gasteiger partial charge in [-0.25, -0.2) is 0 Å². The van der Waals surface area contributed by atoms with Gasteiger partial charge >= 0.3 is 6.36 Å². The van der Waals surface area contributed by atoms with Crippen LogP contribution in [0, 0.1) is 0 Å². The van der Waals surface area contributed by atoms with Gasteiger partial charge in [0.25, 0.3) is 0 Å². The van der Waals surface area contributed by atoms with Gasteiger partial charge in [-0.3, -0.25) is 4.74 Å². The van der Waals surface area contributed by atoms with E-state index in [-0.39, 0.29) is 6.61 Å². The van der Waals surface area contributed by atoms with Crippen LogP contribution in [0.5, 0.6) is 0 Å². The second-order valence-electron chi connectivity index (χ2n) is 3.91. The summed E-state index contributed by atoms with van der Waals surface area (Å²) in [5.41, 5.74) is 0. The van der Waals surface area contributed by atoms with Gasteiger partial charge in [-0.15, -0.1) is 13.2 Å². The highest BCUT2D eigenvalue weighted by Crippen LogP contribution is 2.17. The minimum atomic E-state index is -4.47. The van der Waals surface area contributed by atoms with Crippen molar-refractivity contribution in [1.29, 1.82) is 0 Å². The zero-order valence-electron chi connectivity index (χ0n) is 9.69. The molecule has 0 spiro atoms. The maximum Gasteiger partial charge on any atom is 0.522 e. The predicted octanol–water partition coefficient (Wildman–Crippen LogP) is 4.23. The highest BCUT2D eigenvalue weighted by atomic mass is 19.4. The lowest BCUT2D eigenvalue weighted by atomic mass is 9.98. The maximum absolute atomic E-state index is 11.6. The second kappa shape index (κ2) is 10.0. The lowest BCUT2D eigenvalue weighted by molar-refractivity contribution is -0.324. The third-order valence-electron chi connectivity index (χ3n) is 2.36. The summed E-state index contributed by atoms with van der Waals surface area (Å²) in [5, 5.41) is 0. The van der Waals surface area contributed by atoms with E-state index in [0.717, 1.165) is 44.8 Å². The Labute approximate surface area is 97.2 Å². The normalized spacial score (nSPS) is 11.9. The first-order valence-electron chi connectivity index (χ1n) is 5.97. The number of alkyl halides is 3. The van der Waals surface area contributed by atoms with E-state index >= 15 is 0 Å². The van der Waals surface area contributed by atoms with Crippen molar-refractivity contribution in [2.24, 2.45) is 0 Å². The molecule has 0 heterocycles. The summed E-state index contributed by atoms with van der Waals surface area (Å²) < 4.78 is 38.4. The molecule has 0 saturated heterocycles. The van der Waals surface area contributed by atoms with Crippen molar-refractivity contribution in [1.82, 2.24) is 0 Å². The Morgan fingerprint density at radius 2 is 1.19 bits per heavy atom. The Hall–Kier alpha value is -0.185. The molecule has 0 aromatic heterocycles. The summed E-state index contributed by atoms with van der Waals surface area (Å²) >= 11 is 0. The minimum absolute atomic E-state index is 0.212. The largest absolute Gasteiger partial charge is 0.522 e. The van der Waals surface area contributed by atoms with Crippen LogP contribution < -0.4 is 0 Å². The Morgan fingerprint density at radius 1 is 0.750 bits per heavy atom. The molecule has 94 valence electrons. The molecule has 0 unspecified atom stereocenters. The Bertz CT molecular complexity index is 151. The molecule has 0 rings (SSSR count). The van der Waals surface area contributed by atoms with Crippen LogP contribution in [0.25, 0.3) is 0 Å². The van der Waals surface area contributed by atoms with Gasteiger partial charge in [0.1, 0.15) is 0 Å². The molecule has 0 aliphatic carbocycles. The molecule has 2 radical (unpaired) electrons. The number of hydrogen-bond acceptors (Lipinski definition) is 1. The molecule has 0 aliphatic heterocycles. The summed E-state index contributed by atoms with van der Waals surface area (Å²) in [6, 6.07) is 0. The molecule has 0 aliphatic rings. The number of rotatable bonds is 10. The SMILES string of the molecule is [B]CCCCCCCCCCOC(F)(F)F. The Balaban J connectivity index is 2.99. The van der Waals surface area contributed by atoms with Gasteiger partial charge in [-0.2, -0.15) is 0 Å². The van der Waals surface area contributed by atoms with E-state index < -0.39 is 6.36 Å². The Kier molecular flexibility index (Phi) is 9.88. The molecule has 0 atom stereocenters. The van der Waals surface area contributed by atoms with Crippen molar-refractivity contribution in [3.63, 3.8) is 0 Å². The van der Waals surface area contributed by atoms with Crippen molar-refractivity contribution in [3.05, 3.63) is 0 Å². The monoisotopic (exact) mass is 236 g/mol. The van der Waals surface area contributed by atoms with Crippen molar-refractivity contribution < 1.29 is 17.9 Å². The van der Waals surface area contributed by atoms with Gasteiger partial charge < -0.3 is 0 Å². The summed E-state index contributed by atoms with van der Waals surface area (Å²) in [6.45, 7) is -0.212. The van der Waals surface area contributed by atoms with Crippen LogP contribution in [0.15, 0.2) is 0 Å². The lowest BCUT2D eigenvalue weighted by Gasteiger charge is -2.06. The third kappa shape index (κ3) is 13.8. The molecule has 5 heteroatoms. The van der Waals surface area contributed by atoms with Gasteiger partial charge in [0.2, 0.25) is 0 Å². The molecule has 0 N–H and O–H groups in total. The van der Waals surface area contributed by atoms with Crippen LogP contribution in [0.3, 0.4) is 0 Å². The highest BCUT2D eigenvalue weighted by Gasteiger charge is 2.28. The van der Waals surface area contributed by atoms with Crippen LogP contribution in [0.1, 0.15) is 51.4 Å². The van der Waals surface area contributed by atoms with Crippen LogP contribution in [0.2, 0.25) is 6.32 Å². The van der Waals surface area contributed by atoms with Crippen LogP contribution >= 0.6 is 0 Å². The van der Waals surface area contributed by atoms with Crippen LogP contribution in [0.4, 0.5) is 13.2 Å². The predicted molar refractivity (Wildman–Crippen MR) is 59.5 cm³/mol. The molecule has 0 bridgehead atoms. The average Bonchev–Trinajstić information content (AvgIpc) is 2.19. The van der Waals surface area contributed by atoms with Gasteiger partial charge in [0.15, 0.2) is 0 Å². The van der Waals surface area contributed by atoms with Gasteiger partial charge in [0.05, 0.1) is 14.5 Å². The third-order valence-corrected chi connectivity index (χ3v) is 2.36. The van der Waals surface area contributed by atoms with Crippen molar-refractivity contribution in [2.75, 3.05) is 6.61 Å². The van der Waals surface area contributed by atoms with Crippen LogP contribution in [-0.4, -0.2) is 20.8 Å². The number of unbranched alkanes of at least 4 members (excludes halogenated alkanes) is 7. The first-order valence-corrected chi connectivity index (χ1v) is 5.97. The van der Waals surface area contributed by atoms with Crippen LogP contribution in [-0.2, 0) is 4.74 Å². The van der Waals surface area contributed by atoms with E-state index in [1.807, 2.05) is 0 Å². The topological polar surface area (TPSA) is 9.23 Å². The van der Waals surface area contributed by atoms with Crippen molar-refractivity contribution >= 4 is 7.85 Å². The van der Waals surface area contributed by atoms with E-state index in [0.29, 0.717) is 6.42 Å². The van der Waals surface area contributed by atoms with E-state index in [9.17, 15) is 13.2 Å². The molecule has 0 aromatic rings. The van der Waals surface area contributed by atoms with Crippen molar-refractivity contribution in [2.45, 2.75) is 64.0 Å². The lowest BCUT2D eigenvalue weighted by Crippen LogP contribution is -2.13. The molecule has 16 heavy (non-hydrogen) atoms. The molecule has 0 fully saturated rings. The second-order valence-corrected chi connectivity index (χ2v) is 3.91. The molecular formula is C11H20BF3O. The summed E-state index contributed by atoms with van der Waals surface area (Å²) in [6.07, 6.45) is 4.22. The van der Waals surface area contributed by atoms with Crippen molar-refractivity contribution in [3.8, 4) is 0 Å². The average molecular weight is 236 g/mol. The molecule has 0 aromatic carbocycles. The zero-order chi connectivity index (χ0) is 12.3. The number of halogens is 3. The van der Waals surface area contributed by atoms with Gasteiger partial charge in [0, 0.05) is 0 Å². The van der Waals surface area contributed by atoms with E-state index in [4.69, 9.17) is 7.85 Å². The van der Waals surface area contributed by atoms with Gasteiger partial charge in [-0.05, 0) is 6.42 Å². The minimum Gasteiger partial charge on any atom is -0.292 e. The maximum atomic E-state index is 11.6. The van der Waals surface area contributed by atoms with E-state index in [1.54, 1.807) is 0 Å². The fraction of sp³-hybridized carbons (Fsp3) is 1.00. The molecule has 1 nitrogen and oxygen atoms in total. The Morgan fingerprint density at radius 3 is 1.62 bits per heavy atom.